The molecule has 0 amide bonds. The zero-order valence-electron chi connectivity index (χ0n) is 8.18. The van der Waals surface area contributed by atoms with E-state index in [1.807, 2.05) is 0 Å². The van der Waals surface area contributed by atoms with Gasteiger partial charge in [0.05, 0.1) is 6.04 Å². The van der Waals surface area contributed by atoms with Crippen molar-refractivity contribution in [3.8, 4) is 0 Å². The fourth-order valence-corrected chi connectivity index (χ4v) is 1.13. The van der Waals surface area contributed by atoms with Gasteiger partial charge in [0.2, 0.25) is 0 Å². The summed E-state index contributed by atoms with van der Waals surface area (Å²) < 4.78 is 22.1. The lowest BCUT2D eigenvalue weighted by atomic mass is 9.97. The van der Waals surface area contributed by atoms with E-state index < -0.39 is 12.5 Å². The Morgan fingerprint density at radius 3 is 1.69 bits per heavy atom. The summed E-state index contributed by atoms with van der Waals surface area (Å²) in [6.07, 6.45) is 4.29. The summed E-state index contributed by atoms with van der Waals surface area (Å²) in [7, 11) is 0. The van der Waals surface area contributed by atoms with Crippen molar-refractivity contribution in [1.29, 1.82) is 0 Å². The molecule has 0 aromatic carbocycles. The third-order valence-corrected chi connectivity index (χ3v) is 2.05. The smallest absolute Gasteiger partial charge is 0.253 e. The molecule has 1 saturated carbocycles. The summed E-state index contributed by atoms with van der Waals surface area (Å²) in [5.41, 5.74) is 10.3. The maximum atomic E-state index is 11.0. The van der Waals surface area contributed by atoms with Crippen LogP contribution in [0.2, 0.25) is 0 Å². The van der Waals surface area contributed by atoms with Gasteiger partial charge in [-0.3, -0.25) is 0 Å². The molecule has 1 fully saturated rings. The second kappa shape index (κ2) is 7.21. The molecule has 0 aromatic heterocycles. The van der Waals surface area contributed by atoms with Crippen LogP contribution in [0.5, 0.6) is 0 Å². The SMILES string of the molecule is CC(N)C(F)F.NC1CCCCC1. The monoisotopic (exact) mass is 194 g/mol. The topological polar surface area (TPSA) is 52.0 Å². The highest BCUT2D eigenvalue weighted by molar-refractivity contribution is 4.66. The summed E-state index contributed by atoms with van der Waals surface area (Å²) in [6, 6.07) is -0.446. The Balaban J connectivity index is 0.000000226. The quantitative estimate of drug-likeness (QED) is 0.669. The van der Waals surface area contributed by atoms with Crippen LogP contribution < -0.4 is 11.5 Å². The van der Waals surface area contributed by atoms with Gasteiger partial charge < -0.3 is 11.5 Å². The van der Waals surface area contributed by atoms with Crippen molar-refractivity contribution in [2.75, 3.05) is 0 Å². The maximum Gasteiger partial charge on any atom is 0.253 e. The van der Waals surface area contributed by atoms with Gasteiger partial charge >= 0.3 is 0 Å². The normalized spacial score (nSPS) is 20.8. The Morgan fingerprint density at radius 1 is 1.15 bits per heavy atom. The minimum Gasteiger partial charge on any atom is -0.328 e. The van der Waals surface area contributed by atoms with E-state index in [1.54, 1.807) is 0 Å². The molecule has 2 nitrogen and oxygen atoms in total. The molecule has 0 heterocycles. The highest BCUT2D eigenvalue weighted by Crippen LogP contribution is 2.14. The van der Waals surface area contributed by atoms with Gasteiger partial charge in [-0.2, -0.15) is 0 Å². The maximum absolute atomic E-state index is 11.0. The molecule has 0 bridgehead atoms. The molecule has 1 aliphatic carbocycles. The van der Waals surface area contributed by atoms with Gasteiger partial charge in [0.15, 0.2) is 0 Å². The number of hydrogen-bond acceptors (Lipinski definition) is 2. The van der Waals surface area contributed by atoms with Crippen molar-refractivity contribution in [1.82, 2.24) is 0 Å². The molecule has 1 unspecified atom stereocenters. The Morgan fingerprint density at radius 2 is 1.54 bits per heavy atom. The highest BCUT2D eigenvalue weighted by atomic mass is 19.3. The molecule has 0 aliphatic heterocycles. The molecule has 0 aromatic rings. The van der Waals surface area contributed by atoms with E-state index in [4.69, 9.17) is 5.73 Å². The van der Waals surface area contributed by atoms with Crippen LogP contribution in [0, 0.1) is 0 Å². The van der Waals surface area contributed by atoms with Crippen molar-refractivity contribution in [3.05, 3.63) is 0 Å². The lowest BCUT2D eigenvalue weighted by Crippen LogP contribution is -2.23. The first-order valence-electron chi connectivity index (χ1n) is 4.83. The minimum atomic E-state index is -2.37. The van der Waals surface area contributed by atoms with Gasteiger partial charge in [-0.1, -0.05) is 19.3 Å². The van der Waals surface area contributed by atoms with Crippen LogP contribution in [0.4, 0.5) is 8.78 Å². The standard InChI is InChI=1S/C6H13N.C3H7F2N/c7-6-4-2-1-3-5-6;1-2(6)3(4)5/h6H,1-5,7H2;2-3H,6H2,1H3. The van der Waals surface area contributed by atoms with E-state index in [0.717, 1.165) is 0 Å². The van der Waals surface area contributed by atoms with Gasteiger partial charge in [0.1, 0.15) is 0 Å². The lowest BCUT2D eigenvalue weighted by Gasteiger charge is -2.15. The predicted octanol–water partition coefficient (Wildman–Crippen LogP) is 1.88. The number of halogens is 2. The Kier molecular flexibility index (Phi) is 7.09. The summed E-state index contributed by atoms with van der Waals surface area (Å²) in [4.78, 5) is 0. The molecular formula is C9H20F2N2. The lowest BCUT2D eigenvalue weighted by molar-refractivity contribution is 0.123. The van der Waals surface area contributed by atoms with E-state index >= 15 is 0 Å². The van der Waals surface area contributed by atoms with Gasteiger partial charge in [0, 0.05) is 6.04 Å². The van der Waals surface area contributed by atoms with Gasteiger partial charge in [-0.15, -0.1) is 0 Å². The predicted molar refractivity (Wildman–Crippen MR) is 50.7 cm³/mol. The molecule has 4 heteroatoms. The summed E-state index contributed by atoms with van der Waals surface area (Å²) in [5.74, 6) is 0. The van der Waals surface area contributed by atoms with E-state index in [-0.39, 0.29) is 0 Å². The zero-order valence-corrected chi connectivity index (χ0v) is 8.18. The second-order valence-electron chi connectivity index (χ2n) is 3.59. The molecule has 0 saturated heterocycles. The van der Waals surface area contributed by atoms with Crippen molar-refractivity contribution >= 4 is 0 Å². The van der Waals surface area contributed by atoms with E-state index in [9.17, 15) is 8.78 Å². The van der Waals surface area contributed by atoms with E-state index in [2.05, 4.69) is 5.73 Å². The first-order valence-corrected chi connectivity index (χ1v) is 4.83. The number of alkyl halides is 2. The Labute approximate surface area is 78.7 Å². The molecule has 1 rings (SSSR count). The van der Waals surface area contributed by atoms with Crippen LogP contribution in [0.15, 0.2) is 0 Å². The number of rotatable bonds is 1. The van der Waals surface area contributed by atoms with Gasteiger partial charge in [0.25, 0.3) is 6.43 Å². The van der Waals surface area contributed by atoms with Gasteiger partial charge in [-0.05, 0) is 19.8 Å². The largest absolute Gasteiger partial charge is 0.328 e. The van der Waals surface area contributed by atoms with Crippen LogP contribution in [0.3, 0.4) is 0 Å². The summed E-state index contributed by atoms with van der Waals surface area (Å²) in [6.45, 7) is 1.27. The second-order valence-corrected chi connectivity index (χ2v) is 3.59. The van der Waals surface area contributed by atoms with E-state index in [1.165, 1.54) is 39.0 Å². The van der Waals surface area contributed by atoms with E-state index in [0.29, 0.717) is 6.04 Å². The minimum absolute atomic E-state index is 0.536. The summed E-state index contributed by atoms with van der Waals surface area (Å²) in [5, 5.41) is 0. The molecule has 1 aliphatic rings. The van der Waals surface area contributed by atoms with Crippen LogP contribution in [-0.4, -0.2) is 18.5 Å². The van der Waals surface area contributed by atoms with Crippen LogP contribution >= 0.6 is 0 Å². The molecule has 4 N–H and O–H groups in total. The van der Waals surface area contributed by atoms with Crippen LogP contribution in [-0.2, 0) is 0 Å². The highest BCUT2D eigenvalue weighted by Gasteiger charge is 2.06. The van der Waals surface area contributed by atoms with Crippen molar-refractivity contribution in [3.63, 3.8) is 0 Å². The number of hydrogen-bond donors (Lipinski definition) is 2. The third kappa shape index (κ3) is 8.12. The average molecular weight is 194 g/mol. The molecule has 0 radical (unpaired) electrons. The Hall–Kier alpha value is -0.220. The van der Waals surface area contributed by atoms with Crippen molar-refractivity contribution in [2.24, 2.45) is 11.5 Å². The fourth-order valence-electron chi connectivity index (χ4n) is 1.13. The Bertz CT molecular complexity index is 106. The average Bonchev–Trinajstić information content (AvgIpc) is 2.06. The van der Waals surface area contributed by atoms with Gasteiger partial charge in [-0.25, -0.2) is 8.78 Å². The molecule has 0 spiro atoms. The molecule has 80 valence electrons. The molecule has 13 heavy (non-hydrogen) atoms. The van der Waals surface area contributed by atoms with Crippen LogP contribution in [0.25, 0.3) is 0 Å². The third-order valence-electron chi connectivity index (χ3n) is 2.05. The molecular weight excluding hydrogens is 174 g/mol. The first-order chi connectivity index (χ1) is 6.04. The van der Waals surface area contributed by atoms with Crippen LogP contribution in [0.1, 0.15) is 39.0 Å². The first kappa shape index (κ1) is 12.8. The zero-order chi connectivity index (χ0) is 10.3. The summed E-state index contributed by atoms with van der Waals surface area (Å²) >= 11 is 0. The fraction of sp³-hybridized carbons (Fsp3) is 1.00. The van der Waals surface area contributed by atoms with Crippen molar-refractivity contribution in [2.45, 2.75) is 57.5 Å². The molecule has 1 atom stereocenters. The number of nitrogens with two attached hydrogens (primary N) is 2. The van der Waals surface area contributed by atoms with Crippen molar-refractivity contribution < 1.29 is 8.78 Å².